The second-order valence-electron chi connectivity index (χ2n) is 4.41. The number of nitrogens with one attached hydrogen (secondary N) is 1. The van der Waals surface area contributed by atoms with E-state index in [2.05, 4.69) is 10.3 Å². The fraction of sp³-hybridized carbons (Fsp3) is 0.500. The summed E-state index contributed by atoms with van der Waals surface area (Å²) in [6, 6.07) is 5.26. The summed E-state index contributed by atoms with van der Waals surface area (Å²) in [4.78, 5) is 14.8. The molecule has 2 rings (SSSR count). The van der Waals surface area contributed by atoms with Gasteiger partial charge >= 0.3 is 5.97 Å². The molecule has 92 valence electrons. The van der Waals surface area contributed by atoms with Crippen LogP contribution in [0, 0.1) is 0 Å². The summed E-state index contributed by atoms with van der Waals surface area (Å²) in [7, 11) is 0. The molecule has 1 aromatic rings. The number of aromatic nitrogens is 1. The highest BCUT2D eigenvalue weighted by Gasteiger charge is 2.21. The summed E-state index contributed by atoms with van der Waals surface area (Å²) < 4.78 is 0. The molecule has 1 saturated carbocycles. The van der Waals surface area contributed by atoms with Crippen LogP contribution >= 0.6 is 0 Å². The summed E-state index contributed by atoms with van der Waals surface area (Å²) in [6.45, 7) is 0. The Kier molecular flexibility index (Phi) is 3.58. The van der Waals surface area contributed by atoms with Gasteiger partial charge in [0.15, 0.2) is 5.69 Å². The number of nitrogens with zero attached hydrogens (tertiary/aromatic N) is 1. The van der Waals surface area contributed by atoms with Crippen molar-refractivity contribution in [2.24, 2.45) is 5.73 Å². The monoisotopic (exact) mass is 235 g/mol. The van der Waals surface area contributed by atoms with Crippen LogP contribution in [-0.2, 0) is 0 Å². The van der Waals surface area contributed by atoms with Crippen molar-refractivity contribution < 1.29 is 9.90 Å². The number of anilines is 1. The van der Waals surface area contributed by atoms with Crippen molar-refractivity contribution in [2.45, 2.75) is 37.8 Å². The van der Waals surface area contributed by atoms with E-state index in [4.69, 9.17) is 10.8 Å². The molecule has 0 bridgehead atoms. The third-order valence-corrected chi connectivity index (χ3v) is 3.12. The molecule has 1 aliphatic rings. The molecule has 1 fully saturated rings. The number of hydrogen-bond acceptors (Lipinski definition) is 4. The number of pyridine rings is 1. The van der Waals surface area contributed by atoms with Gasteiger partial charge in [-0.15, -0.1) is 0 Å². The third kappa shape index (κ3) is 2.94. The number of nitrogens with two attached hydrogens (primary N) is 1. The predicted molar refractivity (Wildman–Crippen MR) is 65.1 cm³/mol. The van der Waals surface area contributed by atoms with E-state index in [0.29, 0.717) is 5.82 Å². The minimum absolute atomic E-state index is 0.0550. The molecular weight excluding hydrogens is 218 g/mol. The Morgan fingerprint density at radius 3 is 2.88 bits per heavy atom. The van der Waals surface area contributed by atoms with Crippen LogP contribution in [-0.4, -0.2) is 28.1 Å². The van der Waals surface area contributed by atoms with Gasteiger partial charge in [-0.2, -0.15) is 0 Å². The quantitative estimate of drug-likeness (QED) is 0.738. The minimum atomic E-state index is -1.01. The van der Waals surface area contributed by atoms with Crippen molar-refractivity contribution in [2.75, 3.05) is 5.32 Å². The first-order valence-corrected chi connectivity index (χ1v) is 5.89. The van der Waals surface area contributed by atoms with Crippen LogP contribution in [0.15, 0.2) is 18.2 Å². The van der Waals surface area contributed by atoms with Crippen LogP contribution in [0.3, 0.4) is 0 Å². The average molecular weight is 235 g/mol. The molecule has 1 heterocycles. The highest BCUT2D eigenvalue weighted by Crippen LogP contribution is 2.20. The van der Waals surface area contributed by atoms with Gasteiger partial charge in [0, 0.05) is 12.1 Å². The first kappa shape index (κ1) is 11.9. The molecular formula is C12H17N3O2. The maximum Gasteiger partial charge on any atom is 0.354 e. The lowest BCUT2D eigenvalue weighted by atomic mass is 9.91. The maximum atomic E-state index is 10.8. The van der Waals surface area contributed by atoms with Crippen LogP contribution in [0.4, 0.5) is 5.82 Å². The van der Waals surface area contributed by atoms with E-state index in [9.17, 15) is 4.79 Å². The highest BCUT2D eigenvalue weighted by molar-refractivity contribution is 5.85. The Hall–Kier alpha value is -1.62. The van der Waals surface area contributed by atoms with Crippen LogP contribution in [0.5, 0.6) is 0 Å². The van der Waals surface area contributed by atoms with Crippen molar-refractivity contribution in [3.63, 3.8) is 0 Å². The van der Waals surface area contributed by atoms with Crippen molar-refractivity contribution >= 4 is 11.8 Å². The average Bonchev–Trinajstić information content (AvgIpc) is 2.32. The van der Waals surface area contributed by atoms with Gasteiger partial charge in [0.1, 0.15) is 5.82 Å². The Morgan fingerprint density at radius 2 is 2.18 bits per heavy atom. The van der Waals surface area contributed by atoms with E-state index in [1.165, 1.54) is 12.5 Å². The van der Waals surface area contributed by atoms with Gasteiger partial charge in [-0.25, -0.2) is 9.78 Å². The molecule has 5 nitrogen and oxygen atoms in total. The molecule has 5 heteroatoms. The molecule has 2 atom stereocenters. The van der Waals surface area contributed by atoms with E-state index >= 15 is 0 Å². The molecule has 0 radical (unpaired) electrons. The third-order valence-electron chi connectivity index (χ3n) is 3.12. The van der Waals surface area contributed by atoms with Gasteiger partial charge in [0.25, 0.3) is 0 Å². The summed E-state index contributed by atoms with van der Waals surface area (Å²) in [6.07, 6.45) is 4.35. The maximum absolute atomic E-state index is 10.8. The number of rotatable bonds is 3. The Bertz CT molecular complexity index is 408. The second-order valence-corrected chi connectivity index (χ2v) is 4.41. The van der Waals surface area contributed by atoms with Gasteiger partial charge < -0.3 is 16.2 Å². The smallest absolute Gasteiger partial charge is 0.354 e. The fourth-order valence-corrected chi connectivity index (χ4v) is 2.16. The molecule has 0 amide bonds. The summed E-state index contributed by atoms with van der Waals surface area (Å²) in [5.74, 6) is -0.422. The number of hydrogen-bond donors (Lipinski definition) is 3. The van der Waals surface area contributed by atoms with Crippen LogP contribution in [0.1, 0.15) is 36.2 Å². The molecule has 17 heavy (non-hydrogen) atoms. The fourth-order valence-electron chi connectivity index (χ4n) is 2.16. The zero-order chi connectivity index (χ0) is 12.3. The van der Waals surface area contributed by atoms with Gasteiger partial charge in [-0.3, -0.25) is 0 Å². The Balaban J connectivity index is 2.07. The SMILES string of the molecule is NC1CCCCC1Nc1cccc(C(=O)O)n1. The lowest BCUT2D eigenvalue weighted by Gasteiger charge is -2.29. The van der Waals surface area contributed by atoms with E-state index in [-0.39, 0.29) is 17.8 Å². The number of carboxylic acid groups (broad SMARTS) is 1. The normalized spacial score (nSPS) is 24.3. The summed E-state index contributed by atoms with van der Waals surface area (Å²) >= 11 is 0. The zero-order valence-corrected chi connectivity index (χ0v) is 9.60. The van der Waals surface area contributed by atoms with Crippen molar-refractivity contribution in [1.29, 1.82) is 0 Å². The largest absolute Gasteiger partial charge is 0.477 e. The molecule has 1 aliphatic carbocycles. The second kappa shape index (κ2) is 5.14. The van der Waals surface area contributed by atoms with Gasteiger partial charge in [-0.05, 0) is 25.0 Å². The summed E-state index contributed by atoms with van der Waals surface area (Å²) in [5.41, 5.74) is 6.07. The standard InChI is InChI=1S/C12H17N3O2/c13-8-4-1-2-5-9(8)14-11-7-3-6-10(15-11)12(16)17/h3,6-9H,1-2,4-5,13H2,(H,14,15)(H,16,17). The minimum Gasteiger partial charge on any atom is -0.477 e. The lowest BCUT2D eigenvalue weighted by Crippen LogP contribution is -2.42. The molecule has 0 aromatic carbocycles. The van der Waals surface area contributed by atoms with E-state index in [1.807, 2.05) is 0 Å². The number of aromatic carboxylic acids is 1. The van der Waals surface area contributed by atoms with Crippen molar-refractivity contribution in [1.82, 2.24) is 4.98 Å². The zero-order valence-electron chi connectivity index (χ0n) is 9.60. The molecule has 0 aliphatic heterocycles. The molecule has 0 spiro atoms. The lowest BCUT2D eigenvalue weighted by molar-refractivity contribution is 0.0690. The first-order valence-electron chi connectivity index (χ1n) is 5.89. The molecule has 4 N–H and O–H groups in total. The number of carboxylic acids is 1. The van der Waals surface area contributed by atoms with Gasteiger partial charge in [-0.1, -0.05) is 18.9 Å². The van der Waals surface area contributed by atoms with Gasteiger partial charge in [0.05, 0.1) is 0 Å². The van der Waals surface area contributed by atoms with Gasteiger partial charge in [0.2, 0.25) is 0 Å². The summed E-state index contributed by atoms with van der Waals surface area (Å²) in [5, 5.41) is 12.1. The predicted octanol–water partition coefficient (Wildman–Crippen LogP) is 1.46. The van der Waals surface area contributed by atoms with Crippen LogP contribution in [0.25, 0.3) is 0 Å². The molecule has 1 aromatic heterocycles. The molecule has 0 saturated heterocycles. The van der Waals surface area contributed by atoms with Crippen LogP contribution in [0.2, 0.25) is 0 Å². The van der Waals surface area contributed by atoms with Crippen LogP contribution < -0.4 is 11.1 Å². The first-order chi connectivity index (χ1) is 8.16. The topological polar surface area (TPSA) is 88.2 Å². The Labute approximate surface area is 100 Å². The highest BCUT2D eigenvalue weighted by atomic mass is 16.4. The van der Waals surface area contributed by atoms with E-state index < -0.39 is 5.97 Å². The van der Waals surface area contributed by atoms with E-state index in [0.717, 1.165) is 19.3 Å². The van der Waals surface area contributed by atoms with Crippen molar-refractivity contribution in [3.05, 3.63) is 23.9 Å². The molecule has 2 unspecified atom stereocenters. The van der Waals surface area contributed by atoms with E-state index in [1.54, 1.807) is 12.1 Å². The van der Waals surface area contributed by atoms with Crippen molar-refractivity contribution in [3.8, 4) is 0 Å². The Morgan fingerprint density at radius 1 is 1.41 bits per heavy atom. The number of carbonyl (C=O) groups is 1.